The van der Waals surface area contributed by atoms with E-state index in [1.54, 1.807) is 18.7 Å². The number of anilines is 2. The molecule has 3 N–H and O–H groups in total. The van der Waals surface area contributed by atoms with Crippen molar-refractivity contribution in [2.24, 2.45) is 5.92 Å². The highest BCUT2D eigenvalue weighted by molar-refractivity contribution is 7.98. The van der Waals surface area contributed by atoms with Crippen molar-refractivity contribution in [1.82, 2.24) is 0 Å². The van der Waals surface area contributed by atoms with Gasteiger partial charge in [-0.25, -0.2) is 9.18 Å². The van der Waals surface area contributed by atoms with E-state index in [0.717, 1.165) is 11.8 Å². The third-order valence-electron chi connectivity index (χ3n) is 2.73. The van der Waals surface area contributed by atoms with Gasteiger partial charge in [0.2, 0.25) is 0 Å². The fraction of sp³-hybridized carbons (Fsp3) is 0.500. The summed E-state index contributed by atoms with van der Waals surface area (Å²) in [6, 6.07) is 2.56. The van der Waals surface area contributed by atoms with Gasteiger partial charge in [-0.1, -0.05) is 6.92 Å². The average molecular weight is 300 g/mol. The van der Waals surface area contributed by atoms with Gasteiger partial charge >= 0.3 is 5.97 Å². The van der Waals surface area contributed by atoms with Crippen LogP contribution in [-0.4, -0.2) is 31.1 Å². The first-order chi connectivity index (χ1) is 9.49. The van der Waals surface area contributed by atoms with Crippen LogP contribution in [0.1, 0.15) is 24.2 Å². The molecule has 0 amide bonds. The van der Waals surface area contributed by atoms with Crippen LogP contribution in [0.3, 0.4) is 0 Å². The van der Waals surface area contributed by atoms with Gasteiger partial charge in [0.1, 0.15) is 5.82 Å². The van der Waals surface area contributed by atoms with Gasteiger partial charge in [-0.05, 0) is 37.0 Å². The molecule has 0 aliphatic carbocycles. The minimum absolute atomic E-state index is 0.0867. The van der Waals surface area contributed by atoms with Crippen LogP contribution in [0.2, 0.25) is 0 Å². The zero-order valence-electron chi connectivity index (χ0n) is 12.0. The van der Waals surface area contributed by atoms with Gasteiger partial charge in [0.05, 0.1) is 17.9 Å². The van der Waals surface area contributed by atoms with Crippen LogP contribution >= 0.6 is 11.8 Å². The SMILES string of the molecule is CCOC(=O)c1cc(NCC(C)CSC)c(F)cc1N. The summed E-state index contributed by atoms with van der Waals surface area (Å²) < 4.78 is 18.7. The largest absolute Gasteiger partial charge is 0.462 e. The molecule has 112 valence electrons. The maximum Gasteiger partial charge on any atom is 0.340 e. The molecule has 0 radical (unpaired) electrons. The molecule has 6 heteroatoms. The highest BCUT2D eigenvalue weighted by Crippen LogP contribution is 2.23. The fourth-order valence-electron chi connectivity index (χ4n) is 1.74. The number of hydrogen-bond donors (Lipinski definition) is 2. The quantitative estimate of drug-likeness (QED) is 0.598. The molecule has 1 aromatic rings. The van der Waals surface area contributed by atoms with Crippen LogP contribution < -0.4 is 11.1 Å². The summed E-state index contributed by atoms with van der Waals surface area (Å²) >= 11 is 1.74. The predicted octanol–water partition coefficient (Wildman–Crippen LogP) is 3.00. The van der Waals surface area contributed by atoms with E-state index in [4.69, 9.17) is 10.5 Å². The molecule has 0 fully saturated rings. The number of rotatable bonds is 7. The van der Waals surface area contributed by atoms with Crippen LogP contribution in [0.5, 0.6) is 0 Å². The van der Waals surface area contributed by atoms with E-state index >= 15 is 0 Å². The van der Waals surface area contributed by atoms with Crippen LogP contribution in [-0.2, 0) is 4.74 Å². The Morgan fingerprint density at radius 2 is 2.25 bits per heavy atom. The van der Waals surface area contributed by atoms with E-state index in [1.807, 2.05) is 6.26 Å². The summed E-state index contributed by atoms with van der Waals surface area (Å²) in [7, 11) is 0. The van der Waals surface area contributed by atoms with Gasteiger partial charge in [-0.15, -0.1) is 0 Å². The van der Waals surface area contributed by atoms with Crippen molar-refractivity contribution < 1.29 is 13.9 Å². The third kappa shape index (κ3) is 4.59. The molecule has 20 heavy (non-hydrogen) atoms. The molecule has 1 unspecified atom stereocenters. The van der Waals surface area contributed by atoms with E-state index < -0.39 is 11.8 Å². The molecule has 4 nitrogen and oxygen atoms in total. The Labute approximate surface area is 123 Å². The smallest absolute Gasteiger partial charge is 0.340 e. The Hall–Kier alpha value is -1.43. The van der Waals surface area contributed by atoms with E-state index in [-0.39, 0.29) is 23.5 Å². The van der Waals surface area contributed by atoms with Crippen molar-refractivity contribution in [3.8, 4) is 0 Å². The molecule has 0 heterocycles. The molecular formula is C14H21FN2O2S. The zero-order valence-corrected chi connectivity index (χ0v) is 12.8. The summed E-state index contributed by atoms with van der Waals surface area (Å²) in [6.45, 7) is 4.67. The molecule has 0 aromatic heterocycles. The lowest BCUT2D eigenvalue weighted by molar-refractivity contribution is 0.0527. The van der Waals surface area contributed by atoms with Gasteiger partial charge < -0.3 is 15.8 Å². The van der Waals surface area contributed by atoms with Crippen LogP contribution in [0.4, 0.5) is 15.8 Å². The lowest BCUT2D eigenvalue weighted by Crippen LogP contribution is -2.15. The first-order valence-corrected chi connectivity index (χ1v) is 7.87. The van der Waals surface area contributed by atoms with E-state index in [2.05, 4.69) is 12.2 Å². The van der Waals surface area contributed by atoms with Gasteiger partial charge in [-0.3, -0.25) is 0 Å². The number of thioether (sulfide) groups is 1. The molecule has 0 aliphatic heterocycles. The highest BCUT2D eigenvalue weighted by atomic mass is 32.2. The van der Waals surface area contributed by atoms with E-state index in [9.17, 15) is 9.18 Å². The Kier molecular flexibility index (Phi) is 6.64. The number of ether oxygens (including phenoxy) is 1. The lowest BCUT2D eigenvalue weighted by atomic mass is 10.1. The molecule has 1 aromatic carbocycles. The molecule has 0 saturated heterocycles. The Morgan fingerprint density at radius 3 is 2.85 bits per heavy atom. The first kappa shape index (κ1) is 16.6. The Morgan fingerprint density at radius 1 is 1.55 bits per heavy atom. The number of benzene rings is 1. The average Bonchev–Trinajstić information content (AvgIpc) is 2.38. The van der Waals surface area contributed by atoms with Crippen molar-refractivity contribution >= 4 is 29.1 Å². The Bertz CT molecular complexity index is 469. The molecular weight excluding hydrogens is 279 g/mol. The lowest BCUT2D eigenvalue weighted by Gasteiger charge is -2.14. The molecule has 0 saturated carbocycles. The molecule has 0 aliphatic rings. The third-order valence-corrected chi connectivity index (χ3v) is 3.63. The van der Waals surface area contributed by atoms with Crippen molar-refractivity contribution in [1.29, 1.82) is 0 Å². The predicted molar refractivity (Wildman–Crippen MR) is 82.8 cm³/mol. The summed E-state index contributed by atoms with van der Waals surface area (Å²) in [4.78, 5) is 11.7. The van der Waals surface area contributed by atoms with Crippen LogP contribution in [0.15, 0.2) is 12.1 Å². The number of carbonyl (C=O) groups is 1. The topological polar surface area (TPSA) is 64.3 Å². The van der Waals surface area contributed by atoms with Crippen molar-refractivity contribution in [3.63, 3.8) is 0 Å². The summed E-state index contributed by atoms with van der Waals surface area (Å²) in [6.07, 6.45) is 2.03. The number of nitrogen functional groups attached to an aromatic ring is 1. The summed E-state index contributed by atoms with van der Waals surface area (Å²) in [5, 5.41) is 3.01. The first-order valence-electron chi connectivity index (χ1n) is 6.48. The summed E-state index contributed by atoms with van der Waals surface area (Å²) in [5.74, 6) is 0.374. The van der Waals surface area contributed by atoms with Crippen molar-refractivity contribution in [2.75, 3.05) is 36.2 Å². The second kappa shape index (κ2) is 7.99. The van der Waals surface area contributed by atoms with Crippen molar-refractivity contribution in [3.05, 3.63) is 23.5 Å². The maximum atomic E-state index is 13.8. The number of esters is 1. The second-order valence-electron chi connectivity index (χ2n) is 4.58. The Balaban J connectivity index is 2.85. The number of hydrogen-bond acceptors (Lipinski definition) is 5. The zero-order chi connectivity index (χ0) is 15.1. The van der Waals surface area contributed by atoms with Crippen LogP contribution in [0.25, 0.3) is 0 Å². The molecule has 0 spiro atoms. The maximum absolute atomic E-state index is 13.8. The monoisotopic (exact) mass is 300 g/mol. The van der Waals surface area contributed by atoms with E-state index in [1.165, 1.54) is 6.07 Å². The molecule has 0 bridgehead atoms. The molecule has 1 atom stereocenters. The summed E-state index contributed by atoms with van der Waals surface area (Å²) in [5.41, 5.74) is 6.20. The van der Waals surface area contributed by atoms with Gasteiger partial charge in [0, 0.05) is 12.2 Å². The molecule has 1 rings (SSSR count). The normalized spacial score (nSPS) is 12.0. The minimum Gasteiger partial charge on any atom is -0.462 e. The van der Waals surface area contributed by atoms with Crippen LogP contribution in [0, 0.1) is 11.7 Å². The standard InChI is InChI=1S/C14H21FN2O2S/c1-4-19-14(18)10-5-13(11(15)6-12(10)16)17-7-9(2)8-20-3/h5-6,9,17H,4,7-8,16H2,1-3H3. The number of carbonyl (C=O) groups excluding carboxylic acids is 1. The second-order valence-corrected chi connectivity index (χ2v) is 5.49. The number of halogens is 1. The van der Waals surface area contributed by atoms with Crippen molar-refractivity contribution in [2.45, 2.75) is 13.8 Å². The number of nitrogens with two attached hydrogens (primary N) is 1. The minimum atomic E-state index is -0.537. The van der Waals surface area contributed by atoms with Gasteiger partial charge in [0.25, 0.3) is 0 Å². The highest BCUT2D eigenvalue weighted by Gasteiger charge is 2.15. The van der Waals surface area contributed by atoms with Gasteiger partial charge in [-0.2, -0.15) is 11.8 Å². The van der Waals surface area contributed by atoms with Gasteiger partial charge in [0.15, 0.2) is 0 Å². The van der Waals surface area contributed by atoms with E-state index in [0.29, 0.717) is 12.5 Å². The fourth-order valence-corrected chi connectivity index (χ4v) is 2.42. The number of nitrogens with one attached hydrogen (secondary N) is 1.